The molecule has 6 rings (SSSR count). The third-order valence-corrected chi connectivity index (χ3v) is 5.72. The lowest BCUT2D eigenvalue weighted by Gasteiger charge is -2.29. The van der Waals surface area contributed by atoms with Gasteiger partial charge in [-0.3, -0.25) is 14.8 Å². The minimum absolute atomic E-state index is 0.634. The van der Waals surface area contributed by atoms with Gasteiger partial charge in [-0.25, -0.2) is 9.97 Å². The highest BCUT2D eigenvalue weighted by atomic mass is 15.3. The molecule has 0 unspecified atom stereocenters. The molecule has 1 N–H and O–H groups in total. The molecule has 0 atom stereocenters. The molecule has 0 amide bonds. The quantitative estimate of drug-likeness (QED) is 0.595. The van der Waals surface area contributed by atoms with Gasteiger partial charge in [-0.1, -0.05) is 0 Å². The van der Waals surface area contributed by atoms with Gasteiger partial charge in [-0.2, -0.15) is 10.2 Å². The average Bonchev–Trinajstić information content (AvgIpc) is 3.39. The second-order valence-corrected chi connectivity index (χ2v) is 7.63. The minimum Gasteiger partial charge on any atom is -0.351 e. The maximum atomic E-state index is 4.95. The monoisotopic (exact) mass is 372 g/mol. The Morgan fingerprint density at radius 2 is 2.11 bits per heavy atom. The van der Waals surface area contributed by atoms with Crippen LogP contribution in [0.4, 0.5) is 5.82 Å². The highest BCUT2D eigenvalue weighted by Crippen LogP contribution is 2.42. The number of aromatic amines is 1. The van der Waals surface area contributed by atoms with Crippen LogP contribution in [0.25, 0.3) is 22.4 Å². The van der Waals surface area contributed by atoms with Crippen LogP contribution in [0.2, 0.25) is 0 Å². The van der Waals surface area contributed by atoms with E-state index in [1.807, 2.05) is 30.1 Å². The van der Waals surface area contributed by atoms with Crippen LogP contribution in [0.3, 0.4) is 0 Å². The molecule has 8 nitrogen and oxygen atoms in total. The molecule has 1 saturated carbocycles. The fourth-order valence-corrected chi connectivity index (χ4v) is 4.06. The molecular weight excluding hydrogens is 352 g/mol. The number of aryl methyl sites for hydroxylation is 1. The molecule has 4 aromatic heterocycles. The lowest BCUT2D eigenvalue weighted by atomic mass is 10.0. The van der Waals surface area contributed by atoms with E-state index in [2.05, 4.69) is 25.2 Å². The minimum atomic E-state index is 0.634. The van der Waals surface area contributed by atoms with Crippen LogP contribution in [0, 0.1) is 0 Å². The van der Waals surface area contributed by atoms with E-state index in [-0.39, 0.29) is 0 Å². The van der Waals surface area contributed by atoms with E-state index in [9.17, 15) is 0 Å². The highest BCUT2D eigenvalue weighted by Gasteiger charge is 2.33. The SMILES string of the molecule is Cn1ncc2c(N3CCc4[nH]nc(C5CC5)c4C3)nc(-c3cccnc3)nc21. The lowest BCUT2D eigenvalue weighted by Crippen LogP contribution is -2.31. The summed E-state index contributed by atoms with van der Waals surface area (Å²) in [5, 5.41) is 13.3. The first kappa shape index (κ1) is 15.7. The van der Waals surface area contributed by atoms with Crippen LogP contribution in [0.5, 0.6) is 0 Å². The van der Waals surface area contributed by atoms with Crippen molar-refractivity contribution in [2.45, 2.75) is 31.7 Å². The number of hydrogen-bond acceptors (Lipinski definition) is 6. The number of aromatic nitrogens is 7. The van der Waals surface area contributed by atoms with Gasteiger partial charge in [0.15, 0.2) is 11.5 Å². The predicted octanol–water partition coefficient (Wildman–Crippen LogP) is 2.59. The molecule has 1 fully saturated rings. The number of fused-ring (bicyclic) bond motifs is 2. The van der Waals surface area contributed by atoms with E-state index in [0.717, 1.165) is 41.9 Å². The van der Waals surface area contributed by atoms with Gasteiger partial charge < -0.3 is 4.90 Å². The summed E-state index contributed by atoms with van der Waals surface area (Å²) >= 11 is 0. The molecule has 1 aliphatic carbocycles. The Bertz CT molecular complexity index is 1170. The van der Waals surface area contributed by atoms with Gasteiger partial charge in [0.05, 0.1) is 17.3 Å². The Kier molecular flexibility index (Phi) is 3.29. The van der Waals surface area contributed by atoms with Crippen molar-refractivity contribution in [3.63, 3.8) is 0 Å². The van der Waals surface area contributed by atoms with Crippen molar-refractivity contribution in [1.29, 1.82) is 0 Å². The molecule has 28 heavy (non-hydrogen) atoms. The Balaban J connectivity index is 1.47. The van der Waals surface area contributed by atoms with Crippen LogP contribution in [-0.4, -0.2) is 41.5 Å². The van der Waals surface area contributed by atoms with Gasteiger partial charge in [-0.15, -0.1) is 0 Å². The van der Waals surface area contributed by atoms with Gasteiger partial charge in [0.25, 0.3) is 0 Å². The smallest absolute Gasteiger partial charge is 0.165 e. The van der Waals surface area contributed by atoms with Crippen molar-refractivity contribution in [2.24, 2.45) is 7.05 Å². The van der Waals surface area contributed by atoms with Crippen molar-refractivity contribution in [3.8, 4) is 11.4 Å². The Labute approximate surface area is 161 Å². The summed E-state index contributed by atoms with van der Waals surface area (Å²) in [5.74, 6) is 2.25. The first-order valence-corrected chi connectivity index (χ1v) is 9.69. The van der Waals surface area contributed by atoms with Gasteiger partial charge in [-0.05, 0) is 25.0 Å². The van der Waals surface area contributed by atoms with E-state index >= 15 is 0 Å². The van der Waals surface area contributed by atoms with E-state index in [1.54, 1.807) is 12.4 Å². The molecule has 0 bridgehead atoms. The Hall–Kier alpha value is -3.29. The van der Waals surface area contributed by atoms with Crippen molar-refractivity contribution in [3.05, 3.63) is 47.7 Å². The average molecular weight is 372 g/mol. The summed E-state index contributed by atoms with van der Waals surface area (Å²) < 4.78 is 1.81. The second kappa shape index (κ2) is 5.85. The maximum absolute atomic E-state index is 4.95. The molecular formula is C20H20N8. The standard InChI is InChI=1S/C20H20N8/c1-27-19-14(10-22-27)20(24-18(23-19)13-3-2-7-21-9-13)28-8-6-16-15(11-28)17(26-25-16)12-4-5-12/h2-3,7,9-10,12H,4-6,8,11H2,1H3,(H,25,26). The van der Waals surface area contributed by atoms with Crippen LogP contribution in [0.1, 0.15) is 35.7 Å². The summed E-state index contributed by atoms with van der Waals surface area (Å²) in [6, 6.07) is 3.90. The van der Waals surface area contributed by atoms with Gasteiger partial charge >= 0.3 is 0 Å². The third kappa shape index (κ3) is 2.41. The van der Waals surface area contributed by atoms with Crippen molar-refractivity contribution >= 4 is 16.9 Å². The normalized spacial score (nSPS) is 16.5. The molecule has 140 valence electrons. The summed E-state index contributed by atoms with van der Waals surface area (Å²) in [5.41, 5.74) is 5.63. The molecule has 2 aliphatic rings. The first-order chi connectivity index (χ1) is 13.8. The van der Waals surface area contributed by atoms with Gasteiger partial charge in [0.2, 0.25) is 0 Å². The van der Waals surface area contributed by atoms with E-state index < -0.39 is 0 Å². The van der Waals surface area contributed by atoms with E-state index in [1.165, 1.54) is 29.8 Å². The number of nitrogens with zero attached hydrogens (tertiary/aromatic N) is 7. The van der Waals surface area contributed by atoms with Gasteiger partial charge in [0, 0.05) is 61.7 Å². The molecule has 4 aromatic rings. The molecule has 1 aliphatic heterocycles. The number of nitrogens with one attached hydrogen (secondary N) is 1. The molecule has 0 radical (unpaired) electrons. The fourth-order valence-electron chi connectivity index (χ4n) is 4.06. The summed E-state index contributed by atoms with van der Waals surface area (Å²) in [4.78, 5) is 16.3. The van der Waals surface area contributed by atoms with Gasteiger partial charge in [0.1, 0.15) is 5.82 Å². The number of rotatable bonds is 3. The van der Waals surface area contributed by atoms with E-state index in [0.29, 0.717) is 11.7 Å². The zero-order valence-corrected chi connectivity index (χ0v) is 15.6. The zero-order chi connectivity index (χ0) is 18.7. The van der Waals surface area contributed by atoms with Crippen LogP contribution >= 0.6 is 0 Å². The second-order valence-electron chi connectivity index (χ2n) is 7.63. The van der Waals surface area contributed by atoms with Crippen molar-refractivity contribution in [1.82, 2.24) is 34.9 Å². The lowest BCUT2D eigenvalue weighted by molar-refractivity contribution is 0.709. The Morgan fingerprint density at radius 3 is 2.93 bits per heavy atom. The number of anilines is 1. The first-order valence-electron chi connectivity index (χ1n) is 9.69. The zero-order valence-electron chi connectivity index (χ0n) is 15.6. The largest absolute Gasteiger partial charge is 0.351 e. The maximum Gasteiger partial charge on any atom is 0.165 e. The summed E-state index contributed by atoms with van der Waals surface area (Å²) in [6.07, 6.45) is 8.88. The molecule has 0 aromatic carbocycles. The number of pyridine rings is 1. The highest BCUT2D eigenvalue weighted by molar-refractivity contribution is 5.88. The molecule has 8 heteroatoms. The fraction of sp³-hybridized carbons (Fsp3) is 0.350. The van der Waals surface area contributed by atoms with Crippen molar-refractivity contribution in [2.75, 3.05) is 11.4 Å². The molecule has 5 heterocycles. The Morgan fingerprint density at radius 1 is 1.18 bits per heavy atom. The molecule has 0 saturated heterocycles. The summed E-state index contributed by atoms with van der Waals surface area (Å²) in [6.45, 7) is 1.72. The topological polar surface area (TPSA) is 88.4 Å². The van der Waals surface area contributed by atoms with E-state index in [4.69, 9.17) is 9.97 Å². The van der Waals surface area contributed by atoms with Crippen molar-refractivity contribution < 1.29 is 0 Å². The molecule has 0 spiro atoms. The third-order valence-electron chi connectivity index (χ3n) is 5.72. The van der Waals surface area contributed by atoms with Crippen LogP contribution in [-0.2, 0) is 20.0 Å². The number of H-pyrrole nitrogens is 1. The predicted molar refractivity (Wildman–Crippen MR) is 105 cm³/mol. The summed E-state index contributed by atoms with van der Waals surface area (Å²) in [7, 11) is 1.92. The van der Waals surface area contributed by atoms with Crippen LogP contribution in [0.15, 0.2) is 30.7 Å². The number of hydrogen-bond donors (Lipinski definition) is 1. The van der Waals surface area contributed by atoms with Crippen LogP contribution < -0.4 is 4.90 Å².